The first-order valence-corrected chi connectivity index (χ1v) is 8.59. The van der Waals surface area contributed by atoms with E-state index in [4.69, 9.17) is 0 Å². The summed E-state index contributed by atoms with van der Waals surface area (Å²) >= 11 is 0. The molecule has 0 spiro atoms. The first-order valence-electron chi connectivity index (χ1n) is 8.59. The normalized spacial score (nSPS) is 28.3. The molecule has 20 heavy (non-hydrogen) atoms. The van der Waals surface area contributed by atoms with Crippen LogP contribution < -0.4 is 5.32 Å². The third kappa shape index (κ3) is 3.44. The molecule has 1 N–H and O–H groups in total. The van der Waals surface area contributed by atoms with E-state index in [0.29, 0.717) is 6.04 Å². The highest BCUT2D eigenvalue weighted by Gasteiger charge is 2.34. The van der Waals surface area contributed by atoms with Gasteiger partial charge in [-0.3, -0.25) is 0 Å². The largest absolute Gasteiger partial charge is 0.307 e. The standard InChI is InChI=1S/C19H29N/c1-3-15-6-12-18(13-7-15)20-19(17-10-11-17)16-8-4-14(2)5-9-16/h4-5,8-9,15,17-20H,3,6-7,10-13H2,1-2H3. The van der Waals surface area contributed by atoms with Gasteiger partial charge in [0.15, 0.2) is 0 Å². The Morgan fingerprint density at radius 1 is 1.00 bits per heavy atom. The van der Waals surface area contributed by atoms with Crippen molar-refractivity contribution in [2.45, 2.75) is 70.9 Å². The summed E-state index contributed by atoms with van der Waals surface area (Å²) in [6, 6.07) is 10.6. The summed E-state index contributed by atoms with van der Waals surface area (Å²) in [5.74, 6) is 1.88. The van der Waals surface area contributed by atoms with Crippen LogP contribution in [0, 0.1) is 18.8 Å². The highest BCUT2D eigenvalue weighted by atomic mass is 15.0. The summed E-state index contributed by atoms with van der Waals surface area (Å²) in [5.41, 5.74) is 2.88. The maximum absolute atomic E-state index is 4.00. The number of rotatable bonds is 5. The highest BCUT2D eigenvalue weighted by Crippen LogP contribution is 2.42. The Balaban J connectivity index is 1.62. The molecule has 3 rings (SSSR count). The lowest BCUT2D eigenvalue weighted by Gasteiger charge is -2.32. The van der Waals surface area contributed by atoms with Gasteiger partial charge in [0.2, 0.25) is 0 Å². The fourth-order valence-corrected chi connectivity index (χ4v) is 3.70. The summed E-state index contributed by atoms with van der Waals surface area (Å²) in [5, 5.41) is 4.00. The average Bonchev–Trinajstić information content (AvgIpc) is 3.31. The minimum Gasteiger partial charge on any atom is -0.307 e. The Kier molecular flexibility index (Phi) is 4.45. The monoisotopic (exact) mass is 271 g/mol. The molecule has 1 unspecified atom stereocenters. The molecule has 0 bridgehead atoms. The fourth-order valence-electron chi connectivity index (χ4n) is 3.70. The second-order valence-electron chi connectivity index (χ2n) is 7.02. The lowest BCUT2D eigenvalue weighted by Crippen LogP contribution is -2.36. The Morgan fingerprint density at radius 2 is 1.65 bits per heavy atom. The fraction of sp³-hybridized carbons (Fsp3) is 0.684. The van der Waals surface area contributed by atoms with Crippen LogP contribution in [-0.4, -0.2) is 6.04 Å². The van der Waals surface area contributed by atoms with E-state index in [2.05, 4.69) is 43.4 Å². The number of hydrogen-bond acceptors (Lipinski definition) is 1. The Hall–Kier alpha value is -0.820. The van der Waals surface area contributed by atoms with Gasteiger partial charge < -0.3 is 5.32 Å². The molecule has 1 nitrogen and oxygen atoms in total. The average molecular weight is 271 g/mol. The summed E-state index contributed by atoms with van der Waals surface area (Å²) in [4.78, 5) is 0. The first-order chi connectivity index (χ1) is 9.76. The van der Waals surface area contributed by atoms with Crippen LogP contribution in [0.15, 0.2) is 24.3 Å². The van der Waals surface area contributed by atoms with Gasteiger partial charge in [0.25, 0.3) is 0 Å². The van der Waals surface area contributed by atoms with Crippen LogP contribution in [0.5, 0.6) is 0 Å². The van der Waals surface area contributed by atoms with Crippen LogP contribution >= 0.6 is 0 Å². The smallest absolute Gasteiger partial charge is 0.0351 e. The molecule has 110 valence electrons. The van der Waals surface area contributed by atoms with Crippen LogP contribution in [-0.2, 0) is 0 Å². The van der Waals surface area contributed by atoms with Crippen molar-refractivity contribution in [1.29, 1.82) is 0 Å². The minimum absolute atomic E-state index is 0.610. The second-order valence-corrected chi connectivity index (χ2v) is 7.02. The highest BCUT2D eigenvalue weighted by molar-refractivity contribution is 5.25. The predicted molar refractivity (Wildman–Crippen MR) is 85.8 cm³/mol. The zero-order valence-electron chi connectivity index (χ0n) is 13.1. The third-order valence-corrected chi connectivity index (χ3v) is 5.37. The molecular formula is C19H29N. The Morgan fingerprint density at radius 3 is 2.20 bits per heavy atom. The van der Waals surface area contributed by atoms with Crippen molar-refractivity contribution >= 4 is 0 Å². The van der Waals surface area contributed by atoms with Gasteiger partial charge in [-0.25, -0.2) is 0 Å². The van der Waals surface area contributed by atoms with E-state index >= 15 is 0 Å². The van der Waals surface area contributed by atoms with E-state index in [1.165, 1.54) is 56.1 Å². The molecule has 2 aliphatic carbocycles. The topological polar surface area (TPSA) is 12.0 Å². The lowest BCUT2D eigenvalue weighted by atomic mass is 9.84. The maximum atomic E-state index is 4.00. The third-order valence-electron chi connectivity index (χ3n) is 5.37. The van der Waals surface area contributed by atoms with Crippen LogP contribution in [0.1, 0.15) is 69.0 Å². The van der Waals surface area contributed by atoms with Gasteiger partial charge in [0.05, 0.1) is 0 Å². The van der Waals surface area contributed by atoms with Crippen molar-refractivity contribution in [1.82, 2.24) is 5.32 Å². The number of benzene rings is 1. The molecule has 1 atom stereocenters. The van der Waals surface area contributed by atoms with Gasteiger partial charge >= 0.3 is 0 Å². The zero-order valence-corrected chi connectivity index (χ0v) is 13.1. The van der Waals surface area contributed by atoms with E-state index in [0.717, 1.165) is 17.9 Å². The minimum atomic E-state index is 0.610. The molecule has 1 aromatic rings. The quantitative estimate of drug-likeness (QED) is 0.794. The SMILES string of the molecule is CCC1CCC(NC(c2ccc(C)cc2)C2CC2)CC1. The first kappa shape index (κ1) is 14.1. The van der Waals surface area contributed by atoms with E-state index in [1.54, 1.807) is 0 Å². The van der Waals surface area contributed by atoms with Crippen LogP contribution in [0.25, 0.3) is 0 Å². The number of aryl methyl sites for hydroxylation is 1. The van der Waals surface area contributed by atoms with Crippen molar-refractivity contribution in [3.05, 3.63) is 35.4 Å². The number of nitrogens with one attached hydrogen (secondary N) is 1. The van der Waals surface area contributed by atoms with Crippen LogP contribution in [0.2, 0.25) is 0 Å². The zero-order chi connectivity index (χ0) is 13.9. The molecule has 0 aliphatic heterocycles. The molecule has 0 saturated heterocycles. The van der Waals surface area contributed by atoms with Crippen molar-refractivity contribution in [3.8, 4) is 0 Å². The maximum Gasteiger partial charge on any atom is 0.0351 e. The van der Waals surface area contributed by atoms with E-state index in [9.17, 15) is 0 Å². The molecular weight excluding hydrogens is 242 g/mol. The second kappa shape index (κ2) is 6.30. The van der Waals surface area contributed by atoms with Crippen molar-refractivity contribution < 1.29 is 0 Å². The van der Waals surface area contributed by atoms with Gasteiger partial charge in [-0.2, -0.15) is 0 Å². The molecule has 2 fully saturated rings. The summed E-state index contributed by atoms with van der Waals surface area (Å²) < 4.78 is 0. The number of hydrogen-bond donors (Lipinski definition) is 1. The van der Waals surface area contributed by atoms with Gasteiger partial charge in [-0.15, -0.1) is 0 Å². The molecule has 1 aromatic carbocycles. The van der Waals surface area contributed by atoms with E-state index in [-0.39, 0.29) is 0 Å². The van der Waals surface area contributed by atoms with Gasteiger partial charge in [-0.1, -0.05) is 43.2 Å². The molecule has 0 amide bonds. The van der Waals surface area contributed by atoms with E-state index in [1.807, 2.05) is 0 Å². The molecule has 1 heteroatoms. The summed E-state index contributed by atoms with van der Waals surface area (Å²) in [6.07, 6.45) is 9.82. The Bertz CT molecular complexity index is 410. The van der Waals surface area contributed by atoms with E-state index < -0.39 is 0 Å². The van der Waals surface area contributed by atoms with Crippen LogP contribution in [0.3, 0.4) is 0 Å². The van der Waals surface area contributed by atoms with Gasteiger partial charge in [0.1, 0.15) is 0 Å². The molecule has 0 radical (unpaired) electrons. The summed E-state index contributed by atoms with van der Waals surface area (Å²) in [7, 11) is 0. The summed E-state index contributed by atoms with van der Waals surface area (Å²) in [6.45, 7) is 4.52. The molecule has 0 aromatic heterocycles. The van der Waals surface area contributed by atoms with Crippen molar-refractivity contribution in [2.24, 2.45) is 11.8 Å². The predicted octanol–water partition coefficient (Wildman–Crippen LogP) is 5.00. The molecule has 2 aliphatic rings. The molecule has 0 heterocycles. The Labute approximate surface area is 124 Å². The lowest BCUT2D eigenvalue weighted by molar-refractivity contribution is 0.262. The van der Waals surface area contributed by atoms with Gasteiger partial charge in [0, 0.05) is 12.1 Å². The van der Waals surface area contributed by atoms with Crippen molar-refractivity contribution in [3.63, 3.8) is 0 Å². The van der Waals surface area contributed by atoms with Crippen LogP contribution in [0.4, 0.5) is 0 Å². The van der Waals surface area contributed by atoms with Gasteiger partial charge in [-0.05, 0) is 62.8 Å². The van der Waals surface area contributed by atoms with Crippen molar-refractivity contribution in [2.75, 3.05) is 0 Å². The molecule has 2 saturated carbocycles.